The van der Waals surface area contributed by atoms with E-state index in [-0.39, 0.29) is 0 Å². The van der Waals surface area contributed by atoms with E-state index in [2.05, 4.69) is 26.2 Å². The number of alkyl halides is 3. The van der Waals surface area contributed by atoms with Gasteiger partial charge in [-0.1, -0.05) is 22.0 Å². The van der Waals surface area contributed by atoms with Gasteiger partial charge in [-0.25, -0.2) is 0 Å². The number of benzene rings is 2. The summed E-state index contributed by atoms with van der Waals surface area (Å²) in [5.74, 6) is 0. The van der Waals surface area contributed by atoms with Crippen LogP contribution in [0.4, 0.5) is 30.2 Å². The fraction of sp³-hybridized carbons (Fsp3) is 0.0625. The van der Waals surface area contributed by atoms with Gasteiger partial charge in [0.2, 0.25) is 0 Å². The van der Waals surface area contributed by atoms with Gasteiger partial charge in [0.1, 0.15) is 0 Å². The van der Waals surface area contributed by atoms with E-state index in [0.717, 1.165) is 22.0 Å². The highest BCUT2D eigenvalue weighted by atomic mass is 79.9. The number of nitrogen functional groups attached to an aromatic ring is 1. The molecule has 0 fully saturated rings. The number of hydrogen-bond donors (Lipinski definition) is 2. The van der Waals surface area contributed by atoms with Gasteiger partial charge in [-0.05, 0) is 36.4 Å². The average Bonchev–Trinajstić information content (AvgIpc) is 2.50. The molecule has 0 amide bonds. The molecule has 0 spiro atoms. The lowest BCUT2D eigenvalue weighted by Gasteiger charge is -2.14. The highest BCUT2D eigenvalue weighted by Gasteiger charge is 2.30. The van der Waals surface area contributed by atoms with Crippen molar-refractivity contribution in [3.63, 3.8) is 0 Å². The number of rotatable bonds is 2. The predicted octanol–water partition coefficient (Wildman–Crippen LogP) is 5.34. The minimum atomic E-state index is -4.40. The first kappa shape index (κ1) is 15.6. The Kier molecular flexibility index (Phi) is 3.89. The molecular weight excluding hydrogens is 371 g/mol. The van der Waals surface area contributed by atoms with E-state index < -0.39 is 11.7 Å². The molecule has 7 heteroatoms. The maximum Gasteiger partial charge on any atom is 0.416 e. The summed E-state index contributed by atoms with van der Waals surface area (Å²) in [6.45, 7) is 0. The number of fused-ring (bicyclic) bond motifs is 1. The molecule has 1 aromatic heterocycles. The molecule has 0 atom stereocenters. The second-order valence-corrected chi connectivity index (χ2v) is 5.87. The molecule has 3 N–H and O–H groups in total. The van der Waals surface area contributed by atoms with Gasteiger partial charge in [0, 0.05) is 15.5 Å². The molecule has 0 radical (unpaired) electrons. The average molecular weight is 382 g/mol. The first-order valence-electron chi connectivity index (χ1n) is 6.62. The molecule has 3 aromatic rings. The van der Waals surface area contributed by atoms with Crippen molar-refractivity contribution in [2.75, 3.05) is 11.1 Å². The maximum absolute atomic E-state index is 12.8. The van der Waals surface area contributed by atoms with E-state index in [4.69, 9.17) is 5.73 Å². The molecule has 2 aromatic carbocycles. The number of nitrogens with zero attached hydrogens (tertiary/aromatic N) is 1. The summed E-state index contributed by atoms with van der Waals surface area (Å²) in [4.78, 5) is 4.22. The summed E-state index contributed by atoms with van der Waals surface area (Å²) in [5.41, 5.74) is 7.10. The van der Waals surface area contributed by atoms with Gasteiger partial charge in [0.05, 0.1) is 28.7 Å². The van der Waals surface area contributed by atoms with E-state index in [1.54, 1.807) is 12.1 Å². The Morgan fingerprint density at radius 1 is 1.09 bits per heavy atom. The van der Waals surface area contributed by atoms with E-state index >= 15 is 0 Å². The van der Waals surface area contributed by atoms with Crippen LogP contribution in [-0.2, 0) is 6.18 Å². The Morgan fingerprint density at radius 2 is 1.87 bits per heavy atom. The number of nitrogens with one attached hydrogen (secondary N) is 1. The van der Waals surface area contributed by atoms with Crippen LogP contribution in [0.2, 0.25) is 0 Å². The molecule has 3 nitrogen and oxygen atoms in total. The van der Waals surface area contributed by atoms with Crippen LogP contribution < -0.4 is 11.1 Å². The van der Waals surface area contributed by atoms with Crippen molar-refractivity contribution in [3.8, 4) is 0 Å². The summed E-state index contributed by atoms with van der Waals surface area (Å²) in [7, 11) is 0. The standard InChI is InChI=1S/C16H11BrF3N3/c17-10-4-5-14-12(7-10)15(13(21)8-22-14)23-11-3-1-2-9(6-11)16(18,19)20/h1-8H,21H2,(H,22,23). The predicted molar refractivity (Wildman–Crippen MR) is 88.6 cm³/mol. The molecule has 0 aliphatic carbocycles. The summed E-state index contributed by atoms with van der Waals surface area (Å²) in [6, 6.07) is 10.4. The number of pyridine rings is 1. The molecule has 1 heterocycles. The molecular formula is C16H11BrF3N3. The van der Waals surface area contributed by atoms with Crippen molar-refractivity contribution in [3.05, 3.63) is 58.7 Å². The van der Waals surface area contributed by atoms with Crippen molar-refractivity contribution in [2.45, 2.75) is 6.18 Å². The Labute approximate surface area is 138 Å². The van der Waals surface area contributed by atoms with Crippen LogP contribution in [0.5, 0.6) is 0 Å². The quantitative estimate of drug-likeness (QED) is 0.629. The number of hydrogen-bond acceptors (Lipinski definition) is 3. The third kappa shape index (κ3) is 3.24. The Balaban J connectivity index is 2.08. The highest BCUT2D eigenvalue weighted by Crippen LogP contribution is 2.35. The van der Waals surface area contributed by atoms with Crippen LogP contribution in [0.15, 0.2) is 53.1 Å². The summed E-state index contributed by atoms with van der Waals surface area (Å²) < 4.78 is 39.3. The van der Waals surface area contributed by atoms with E-state index in [1.807, 2.05) is 12.1 Å². The van der Waals surface area contributed by atoms with Crippen molar-refractivity contribution >= 4 is 43.9 Å². The van der Waals surface area contributed by atoms with Crippen LogP contribution in [0.3, 0.4) is 0 Å². The van der Waals surface area contributed by atoms with Gasteiger partial charge in [-0.2, -0.15) is 13.2 Å². The third-order valence-corrected chi connectivity index (χ3v) is 3.81. The molecule has 0 saturated heterocycles. The number of anilines is 3. The van der Waals surface area contributed by atoms with Gasteiger partial charge in [-0.3, -0.25) is 4.98 Å². The minimum absolute atomic E-state index is 0.305. The zero-order valence-electron chi connectivity index (χ0n) is 11.7. The van der Waals surface area contributed by atoms with Crippen LogP contribution in [0.1, 0.15) is 5.56 Å². The van der Waals surface area contributed by atoms with Crippen LogP contribution >= 0.6 is 15.9 Å². The second kappa shape index (κ2) is 5.73. The fourth-order valence-electron chi connectivity index (χ4n) is 2.24. The van der Waals surface area contributed by atoms with Gasteiger partial charge >= 0.3 is 6.18 Å². The van der Waals surface area contributed by atoms with Gasteiger partial charge in [0.25, 0.3) is 0 Å². The molecule has 118 valence electrons. The topological polar surface area (TPSA) is 50.9 Å². The summed E-state index contributed by atoms with van der Waals surface area (Å²) in [5, 5.41) is 3.69. The zero-order chi connectivity index (χ0) is 16.6. The van der Waals surface area contributed by atoms with Crippen LogP contribution in [0.25, 0.3) is 10.9 Å². The maximum atomic E-state index is 12.8. The molecule has 3 rings (SSSR count). The lowest BCUT2D eigenvalue weighted by atomic mass is 10.1. The molecule has 0 bridgehead atoms. The van der Waals surface area contributed by atoms with Crippen LogP contribution in [0, 0.1) is 0 Å². The number of aromatic nitrogens is 1. The van der Waals surface area contributed by atoms with Crippen LogP contribution in [-0.4, -0.2) is 4.98 Å². The number of halogens is 4. The monoisotopic (exact) mass is 381 g/mol. The van der Waals surface area contributed by atoms with E-state index in [9.17, 15) is 13.2 Å². The summed E-state index contributed by atoms with van der Waals surface area (Å²) >= 11 is 3.37. The van der Waals surface area contributed by atoms with Crippen molar-refractivity contribution in [2.24, 2.45) is 0 Å². The zero-order valence-corrected chi connectivity index (χ0v) is 13.2. The van der Waals surface area contributed by atoms with Crippen molar-refractivity contribution in [1.29, 1.82) is 0 Å². The third-order valence-electron chi connectivity index (χ3n) is 3.32. The first-order chi connectivity index (χ1) is 10.8. The van der Waals surface area contributed by atoms with Crippen molar-refractivity contribution in [1.82, 2.24) is 4.98 Å². The number of nitrogens with two attached hydrogens (primary N) is 1. The Bertz CT molecular complexity index is 873. The SMILES string of the molecule is Nc1cnc2ccc(Br)cc2c1Nc1cccc(C(F)(F)F)c1. The molecule has 0 unspecified atom stereocenters. The lowest BCUT2D eigenvalue weighted by Crippen LogP contribution is -2.05. The van der Waals surface area contributed by atoms with Gasteiger partial charge < -0.3 is 11.1 Å². The first-order valence-corrected chi connectivity index (χ1v) is 7.42. The molecule has 0 aliphatic heterocycles. The minimum Gasteiger partial charge on any atom is -0.396 e. The largest absolute Gasteiger partial charge is 0.416 e. The van der Waals surface area contributed by atoms with E-state index in [0.29, 0.717) is 22.6 Å². The van der Waals surface area contributed by atoms with E-state index in [1.165, 1.54) is 12.3 Å². The van der Waals surface area contributed by atoms with Crippen molar-refractivity contribution < 1.29 is 13.2 Å². The highest BCUT2D eigenvalue weighted by molar-refractivity contribution is 9.10. The summed E-state index contributed by atoms with van der Waals surface area (Å²) in [6.07, 6.45) is -2.92. The Morgan fingerprint density at radius 3 is 2.61 bits per heavy atom. The molecule has 0 saturated carbocycles. The fourth-order valence-corrected chi connectivity index (χ4v) is 2.60. The molecule has 23 heavy (non-hydrogen) atoms. The second-order valence-electron chi connectivity index (χ2n) is 4.95. The lowest BCUT2D eigenvalue weighted by molar-refractivity contribution is -0.137. The smallest absolute Gasteiger partial charge is 0.396 e. The Hall–Kier alpha value is -2.28. The van der Waals surface area contributed by atoms with Gasteiger partial charge in [-0.15, -0.1) is 0 Å². The van der Waals surface area contributed by atoms with Gasteiger partial charge in [0.15, 0.2) is 0 Å². The molecule has 0 aliphatic rings. The normalized spacial score (nSPS) is 11.7.